The van der Waals surface area contributed by atoms with Crippen LogP contribution in [0.1, 0.15) is 20.7 Å². The van der Waals surface area contributed by atoms with E-state index in [0.29, 0.717) is 6.07 Å². The van der Waals surface area contributed by atoms with Crippen LogP contribution in [0.15, 0.2) is 12.1 Å². The van der Waals surface area contributed by atoms with Crippen molar-refractivity contribution in [3.05, 3.63) is 35.2 Å². The fraction of sp³-hybridized carbons (Fsp3) is 0. The molecule has 0 aliphatic carbocycles. The molecule has 0 saturated heterocycles. The number of halogens is 1. The smallest absolute Gasteiger partial charge is 0.335 e. The van der Waals surface area contributed by atoms with E-state index in [1.54, 1.807) is 0 Å². The summed E-state index contributed by atoms with van der Waals surface area (Å²) in [6, 6.07) is 1.54. The van der Waals surface area contributed by atoms with Gasteiger partial charge < -0.3 is 16.4 Å². The van der Waals surface area contributed by atoms with Gasteiger partial charge >= 0.3 is 5.97 Å². The summed E-state index contributed by atoms with van der Waals surface area (Å²) in [5.41, 5.74) is -0.755. The van der Waals surface area contributed by atoms with Crippen LogP contribution in [0.2, 0.25) is 0 Å². The molecule has 0 amide bonds. The van der Waals surface area contributed by atoms with Crippen LogP contribution in [0.25, 0.3) is 6.15 Å². The summed E-state index contributed by atoms with van der Waals surface area (Å²) in [5.74, 6) is -3.32. The van der Waals surface area contributed by atoms with E-state index in [4.69, 9.17) is 10.2 Å². The number of rotatable bonds is 2. The SMILES string of the molecule is O=Cc1cc(C(=O)O)cc(F)c1O.[NH2-].[Y].[Y].[Y].[Y].[Y].[Y].[Y].[Y].[Y].[Y].[Y].[Y].[Y].[Y].[Y].[Y].[Y].[Y].[Y].[Y].[Y].[Y].[Y].[Y].[Y].[Y].[Y].[Y].[Y].[Y].[Y].[Y].[Y]. The Morgan fingerprint density at radius 1 is 0.447 bits per heavy atom. The number of carboxylic acids is 1. The zero-order valence-corrected chi connectivity index (χ0v) is 120. The molecule has 0 aromatic heterocycles. The summed E-state index contributed by atoms with van der Waals surface area (Å²) in [7, 11) is 0. The summed E-state index contributed by atoms with van der Waals surface area (Å²) in [5, 5.41) is 17.4. The number of benzene rings is 1. The van der Waals surface area contributed by atoms with Gasteiger partial charge in [-0.05, 0) is 12.1 Å². The first-order chi connectivity index (χ1) is 6.06. The molecule has 5 nitrogen and oxygen atoms in total. The van der Waals surface area contributed by atoms with Crippen LogP contribution in [-0.4, -0.2) is 22.5 Å². The van der Waals surface area contributed by atoms with Crippen LogP contribution in [0.5, 0.6) is 5.75 Å². The predicted octanol–water partition coefficient (Wildman–Crippen LogP) is 1.68. The second kappa shape index (κ2) is 185. The normalized spacial score (nSPS) is 2.66. The fourth-order valence-electron chi connectivity index (χ4n) is 0.834. The molecule has 33 radical (unpaired) electrons. The minimum Gasteiger partial charge on any atom is -0.693 e. The summed E-state index contributed by atoms with van der Waals surface area (Å²) >= 11 is 0. The number of nitrogens with two attached hydrogens (primary N) is 1. The Kier molecular flexibility index (Phi) is 919. The maximum absolute atomic E-state index is 12.7. The molecular formula is C8H7FNO4Y33-. The molecule has 0 heterocycles. The van der Waals surface area contributed by atoms with Crippen molar-refractivity contribution in [3.63, 3.8) is 0 Å². The molecule has 1 rings (SSSR count). The predicted molar refractivity (Wildman–Crippen MR) is 45.7 cm³/mol. The Labute approximate surface area is 1110 Å². The van der Waals surface area contributed by atoms with Crippen LogP contribution in [-0.2, 0) is 1080 Å². The first-order valence-electron chi connectivity index (χ1n) is 3.27. The maximum Gasteiger partial charge on any atom is 0.335 e. The zero-order chi connectivity index (χ0) is 10.0. The van der Waals surface area contributed by atoms with E-state index < -0.39 is 17.5 Å². The average Bonchev–Trinajstić information content (AvgIpc) is 2.09. The van der Waals surface area contributed by atoms with Gasteiger partial charge in [-0.3, -0.25) is 4.79 Å². The molecule has 0 aliphatic rings. The Bertz CT molecular complexity index is 419. The van der Waals surface area contributed by atoms with Crippen molar-refractivity contribution in [1.82, 2.24) is 0 Å². The van der Waals surface area contributed by atoms with Crippen LogP contribution in [0.4, 0.5) is 4.39 Å². The number of carbonyl (C=O) groups is 2. The minimum absolute atomic E-state index is 0. The number of carbonyl (C=O) groups excluding carboxylic acids is 1. The van der Waals surface area contributed by atoms with Crippen molar-refractivity contribution in [2.75, 3.05) is 0 Å². The number of carboxylic acid groups (broad SMARTS) is 1. The second-order valence-electron chi connectivity index (χ2n) is 2.32. The number of hydrogen-bond acceptors (Lipinski definition) is 3. The van der Waals surface area contributed by atoms with E-state index in [2.05, 4.69) is 0 Å². The van der Waals surface area contributed by atoms with Crippen molar-refractivity contribution < 1.29 is 1100 Å². The number of phenolic OH excluding ortho intramolecular Hbond substituents is 1. The third-order valence-corrected chi connectivity index (χ3v) is 1.47. The molecule has 1 aromatic rings. The third-order valence-electron chi connectivity index (χ3n) is 1.47. The van der Waals surface area contributed by atoms with Gasteiger partial charge in [-0.1, -0.05) is 0 Å². The van der Waals surface area contributed by atoms with Crippen molar-refractivity contribution in [3.8, 4) is 5.75 Å². The van der Waals surface area contributed by atoms with Gasteiger partial charge in [0.25, 0.3) is 0 Å². The van der Waals surface area contributed by atoms with Gasteiger partial charge in [-0.15, -0.1) is 0 Å². The van der Waals surface area contributed by atoms with Gasteiger partial charge in [-0.25, -0.2) is 9.18 Å². The number of hydrogen-bond donors (Lipinski definition) is 2. The molecule has 0 aliphatic heterocycles. The maximum atomic E-state index is 12.7. The van der Waals surface area contributed by atoms with Gasteiger partial charge in [-0.2, -0.15) is 0 Å². The Morgan fingerprint density at radius 3 is 0.745 bits per heavy atom. The van der Waals surface area contributed by atoms with E-state index in [1.165, 1.54) is 0 Å². The van der Waals surface area contributed by atoms with Crippen LogP contribution < -0.4 is 0 Å². The Balaban J connectivity index is -0.00000000155. The molecule has 47 heavy (non-hydrogen) atoms. The molecule has 39 heteroatoms. The summed E-state index contributed by atoms with van der Waals surface area (Å²) in [4.78, 5) is 20.6. The molecule has 175 valence electrons. The fourth-order valence-corrected chi connectivity index (χ4v) is 0.834. The average molecular weight is 3130 g/mol. The van der Waals surface area contributed by atoms with Crippen LogP contribution in [0, 0.1) is 5.82 Å². The van der Waals surface area contributed by atoms with Crippen molar-refractivity contribution in [2.45, 2.75) is 0 Å². The van der Waals surface area contributed by atoms with E-state index in [9.17, 15) is 14.0 Å². The summed E-state index contributed by atoms with van der Waals surface area (Å²) < 4.78 is 12.7. The van der Waals surface area contributed by atoms with Gasteiger partial charge in [0.2, 0.25) is 0 Å². The topological polar surface area (TPSA) is 108 Å². The van der Waals surface area contributed by atoms with E-state index in [0.717, 1.165) is 6.07 Å². The number of aldehydes is 1. The standard InChI is InChI=1S/C8H5FO4.H2N.33Y/c9-6-2-4(8(12)13)1-5(3-10)7(6)11;;;;;;;;;;;;;;;;;;;;;;;;;;;;;;;;;;/h1-3,11H,(H,12,13);1H2;;;;;;;;;;;;;;;;;;;;;;;;;;;;;;;;;/q;-1;;;;;;;;;;;;;;;;;;;;;;;;;;;;;;;;;. The first-order valence-corrected chi connectivity index (χ1v) is 3.27. The minimum atomic E-state index is -1.36. The van der Waals surface area contributed by atoms with Crippen molar-refractivity contribution in [2.24, 2.45) is 0 Å². The van der Waals surface area contributed by atoms with Gasteiger partial charge in [0.1, 0.15) is 0 Å². The van der Waals surface area contributed by atoms with Gasteiger partial charge in [0, 0.05) is 1080 Å². The van der Waals surface area contributed by atoms with Crippen molar-refractivity contribution in [1.29, 1.82) is 0 Å². The first kappa shape index (κ1) is 234. The van der Waals surface area contributed by atoms with E-state index in [1.807, 2.05) is 0 Å². The largest absolute Gasteiger partial charge is 0.693 e. The Hall–Kier alpha value is 34.5. The third kappa shape index (κ3) is 155. The molecule has 4 N–H and O–H groups in total. The summed E-state index contributed by atoms with van der Waals surface area (Å²) in [6.07, 6.45) is 0.185. The Morgan fingerprint density at radius 2 is 0.617 bits per heavy atom. The van der Waals surface area contributed by atoms with Crippen LogP contribution in [0.3, 0.4) is 0 Å². The molecule has 0 fully saturated rings. The molecular weight excluding hydrogens is 3130 g/mol. The number of aromatic hydroxyl groups is 1. The molecule has 0 bridgehead atoms. The van der Waals surface area contributed by atoms with Crippen LogP contribution >= 0.6 is 0 Å². The molecule has 0 saturated carbocycles. The monoisotopic (exact) mass is 3130 g/mol. The van der Waals surface area contributed by atoms with E-state index in [-0.39, 0.29) is 1100 Å². The summed E-state index contributed by atoms with van der Waals surface area (Å²) in [6.45, 7) is 0. The quantitative estimate of drug-likeness (QED) is 0.441. The molecule has 0 spiro atoms. The second-order valence-corrected chi connectivity index (χ2v) is 2.32. The van der Waals surface area contributed by atoms with Crippen molar-refractivity contribution >= 4 is 12.3 Å². The van der Waals surface area contributed by atoms with Gasteiger partial charge in [0.15, 0.2) is 17.9 Å². The number of phenols is 1. The number of aromatic carboxylic acids is 1. The van der Waals surface area contributed by atoms with E-state index >= 15 is 0 Å². The molecule has 1 aromatic carbocycles. The molecule has 0 atom stereocenters. The molecule has 0 unspecified atom stereocenters. The van der Waals surface area contributed by atoms with Gasteiger partial charge in [0.05, 0.1) is 11.1 Å². The zero-order valence-electron chi connectivity index (χ0n) is 26.0.